The number of nitrogens with zero attached hydrogens (tertiary/aromatic N) is 1. The van der Waals surface area contributed by atoms with Crippen LogP contribution in [0.3, 0.4) is 0 Å². The summed E-state index contributed by atoms with van der Waals surface area (Å²) in [5.41, 5.74) is 0. The number of nitrogens with one attached hydrogen (secondary N) is 1. The average molecular weight is 304 g/mol. The first-order valence-corrected chi connectivity index (χ1v) is 6.10. The number of β-amino-alcohol motifs (C(OH)–C–C–N with tert-alkyl or cyclic N) is 1. The van der Waals surface area contributed by atoms with E-state index in [2.05, 4.69) is 5.32 Å². The summed E-state index contributed by atoms with van der Waals surface area (Å²) in [7, 11) is 0. The van der Waals surface area contributed by atoms with E-state index in [1.807, 2.05) is 0 Å². The summed E-state index contributed by atoms with van der Waals surface area (Å²) in [6.07, 6.45) is -2.56. The van der Waals surface area contributed by atoms with Crippen LogP contribution < -0.4 is 5.32 Å². The van der Waals surface area contributed by atoms with E-state index in [0.29, 0.717) is 4.90 Å². The Labute approximate surface area is 119 Å². The fraction of sp³-hybridized carbons (Fsp3) is 0.636. The number of carboxylic acid groups (broad SMARTS) is 3. The third kappa shape index (κ3) is 4.68. The lowest BCUT2D eigenvalue weighted by Gasteiger charge is -2.29. The SMILES string of the molecule is O=C(O)CC1NCC(O)CN(C(CC(=O)O)C(=O)O)C1=O. The summed E-state index contributed by atoms with van der Waals surface area (Å²) in [4.78, 5) is 45.5. The average Bonchev–Trinajstić information content (AvgIpc) is 2.48. The number of carboxylic acids is 3. The topological polar surface area (TPSA) is 164 Å². The molecule has 1 saturated heterocycles. The maximum absolute atomic E-state index is 12.2. The first kappa shape index (κ1) is 16.9. The second-order valence-electron chi connectivity index (χ2n) is 4.66. The second-order valence-corrected chi connectivity index (χ2v) is 4.66. The van der Waals surface area contributed by atoms with Gasteiger partial charge in [-0.1, -0.05) is 0 Å². The first-order chi connectivity index (χ1) is 9.72. The molecule has 10 nitrogen and oxygen atoms in total. The van der Waals surface area contributed by atoms with Gasteiger partial charge in [-0.2, -0.15) is 0 Å². The summed E-state index contributed by atoms with van der Waals surface area (Å²) < 4.78 is 0. The molecule has 0 aliphatic carbocycles. The van der Waals surface area contributed by atoms with Gasteiger partial charge in [0.2, 0.25) is 5.91 Å². The van der Waals surface area contributed by atoms with Gasteiger partial charge in [0.05, 0.1) is 25.0 Å². The van der Waals surface area contributed by atoms with E-state index in [1.165, 1.54) is 0 Å². The van der Waals surface area contributed by atoms with Crippen molar-refractivity contribution < 1.29 is 39.6 Å². The summed E-state index contributed by atoms with van der Waals surface area (Å²) in [5.74, 6) is -5.09. The van der Waals surface area contributed by atoms with Crippen LogP contribution in [0.15, 0.2) is 0 Å². The van der Waals surface area contributed by atoms with E-state index in [-0.39, 0.29) is 13.1 Å². The number of aliphatic hydroxyl groups excluding tert-OH is 1. The van der Waals surface area contributed by atoms with Gasteiger partial charge in [-0.25, -0.2) is 4.79 Å². The van der Waals surface area contributed by atoms with Gasteiger partial charge in [0, 0.05) is 13.1 Å². The zero-order valence-corrected chi connectivity index (χ0v) is 10.9. The monoisotopic (exact) mass is 304 g/mol. The molecule has 1 aliphatic rings. The van der Waals surface area contributed by atoms with E-state index in [9.17, 15) is 24.3 Å². The quantitative estimate of drug-likeness (QED) is 0.358. The van der Waals surface area contributed by atoms with Crippen molar-refractivity contribution in [3.63, 3.8) is 0 Å². The number of carbonyl (C=O) groups is 4. The molecule has 5 N–H and O–H groups in total. The van der Waals surface area contributed by atoms with Crippen LogP contribution in [0.4, 0.5) is 0 Å². The Balaban J connectivity index is 3.02. The normalized spacial score (nSPS) is 24.2. The highest BCUT2D eigenvalue weighted by molar-refractivity contribution is 5.91. The second kappa shape index (κ2) is 6.99. The van der Waals surface area contributed by atoms with E-state index >= 15 is 0 Å². The molecule has 0 saturated carbocycles. The van der Waals surface area contributed by atoms with Crippen LogP contribution in [0.1, 0.15) is 12.8 Å². The molecule has 0 radical (unpaired) electrons. The Morgan fingerprint density at radius 3 is 2.33 bits per heavy atom. The van der Waals surface area contributed by atoms with Crippen molar-refractivity contribution in [2.24, 2.45) is 0 Å². The van der Waals surface area contributed by atoms with Crippen molar-refractivity contribution in [2.75, 3.05) is 13.1 Å². The minimum Gasteiger partial charge on any atom is -0.481 e. The third-order valence-corrected chi connectivity index (χ3v) is 3.00. The van der Waals surface area contributed by atoms with Crippen molar-refractivity contribution in [1.29, 1.82) is 0 Å². The van der Waals surface area contributed by atoms with Crippen molar-refractivity contribution in [3.05, 3.63) is 0 Å². The van der Waals surface area contributed by atoms with Crippen LogP contribution in [0.2, 0.25) is 0 Å². The highest BCUT2D eigenvalue weighted by Crippen LogP contribution is 2.13. The van der Waals surface area contributed by atoms with E-state index in [4.69, 9.17) is 15.3 Å². The molecule has 1 amide bonds. The molecule has 0 bridgehead atoms. The standard InChI is InChI=1S/C11H16N2O8/c14-5-3-12-6(1-8(15)16)10(19)13(4-5)7(11(20)21)2-9(17)18/h5-7,12,14H,1-4H2,(H,15,16)(H,17,18)(H,20,21). The predicted molar refractivity (Wildman–Crippen MR) is 65.4 cm³/mol. The van der Waals surface area contributed by atoms with Gasteiger partial charge in [-0.3, -0.25) is 14.4 Å². The molecule has 0 aromatic rings. The molecule has 0 aromatic heterocycles. The third-order valence-electron chi connectivity index (χ3n) is 3.00. The molecule has 0 spiro atoms. The molecular formula is C11H16N2O8. The molecule has 1 fully saturated rings. The summed E-state index contributed by atoms with van der Waals surface area (Å²) >= 11 is 0. The largest absolute Gasteiger partial charge is 0.481 e. The Hall–Kier alpha value is -2.20. The Bertz CT molecular complexity index is 452. The van der Waals surface area contributed by atoms with Gasteiger partial charge >= 0.3 is 17.9 Å². The molecule has 1 rings (SSSR count). The van der Waals surface area contributed by atoms with Crippen LogP contribution in [0, 0.1) is 0 Å². The molecule has 0 aromatic carbocycles. The number of aliphatic carboxylic acids is 3. The highest BCUT2D eigenvalue weighted by atomic mass is 16.4. The van der Waals surface area contributed by atoms with Crippen LogP contribution in [-0.4, -0.2) is 80.4 Å². The molecule has 10 heteroatoms. The minimum absolute atomic E-state index is 0.0976. The summed E-state index contributed by atoms with van der Waals surface area (Å²) in [6, 6.07) is -2.88. The maximum atomic E-state index is 12.2. The van der Waals surface area contributed by atoms with E-state index < -0.39 is 54.8 Å². The van der Waals surface area contributed by atoms with E-state index in [1.54, 1.807) is 0 Å². The number of hydrogen-bond acceptors (Lipinski definition) is 6. The van der Waals surface area contributed by atoms with Crippen LogP contribution in [-0.2, 0) is 19.2 Å². The molecule has 1 aliphatic heterocycles. The maximum Gasteiger partial charge on any atom is 0.327 e. The summed E-state index contributed by atoms with van der Waals surface area (Å²) in [6.45, 7) is -0.480. The highest BCUT2D eigenvalue weighted by Gasteiger charge is 2.39. The van der Waals surface area contributed by atoms with Crippen molar-refractivity contribution in [1.82, 2.24) is 10.2 Å². The molecule has 21 heavy (non-hydrogen) atoms. The van der Waals surface area contributed by atoms with Crippen LogP contribution in [0.5, 0.6) is 0 Å². The first-order valence-electron chi connectivity index (χ1n) is 6.10. The van der Waals surface area contributed by atoms with Gasteiger partial charge in [0.15, 0.2) is 0 Å². The van der Waals surface area contributed by atoms with Gasteiger partial charge in [-0.05, 0) is 0 Å². The van der Waals surface area contributed by atoms with Crippen molar-refractivity contribution in [3.8, 4) is 0 Å². The van der Waals surface area contributed by atoms with E-state index in [0.717, 1.165) is 0 Å². The zero-order chi connectivity index (χ0) is 16.2. The lowest BCUT2D eigenvalue weighted by atomic mass is 10.1. The molecule has 118 valence electrons. The number of carbonyl (C=O) groups excluding carboxylic acids is 1. The van der Waals surface area contributed by atoms with Gasteiger partial charge < -0.3 is 30.6 Å². The molecule has 3 unspecified atom stereocenters. The van der Waals surface area contributed by atoms with Gasteiger partial charge in [0.25, 0.3) is 0 Å². The molecule has 3 atom stereocenters. The predicted octanol–water partition coefficient (Wildman–Crippen LogP) is -2.45. The molecule has 1 heterocycles. The van der Waals surface area contributed by atoms with Gasteiger partial charge in [-0.15, -0.1) is 0 Å². The fourth-order valence-electron chi connectivity index (χ4n) is 2.06. The number of aliphatic hydroxyl groups is 1. The molecular weight excluding hydrogens is 288 g/mol. The number of amides is 1. The minimum atomic E-state index is -1.67. The Kier molecular flexibility index (Phi) is 5.61. The zero-order valence-electron chi connectivity index (χ0n) is 10.9. The Morgan fingerprint density at radius 2 is 1.86 bits per heavy atom. The lowest BCUT2D eigenvalue weighted by molar-refractivity contribution is -0.156. The fourth-order valence-corrected chi connectivity index (χ4v) is 2.06. The lowest BCUT2D eigenvalue weighted by Crippen LogP contribution is -2.52. The smallest absolute Gasteiger partial charge is 0.327 e. The van der Waals surface area contributed by atoms with Gasteiger partial charge in [0.1, 0.15) is 6.04 Å². The Morgan fingerprint density at radius 1 is 1.24 bits per heavy atom. The summed E-state index contributed by atoms with van der Waals surface area (Å²) in [5, 5.41) is 38.7. The van der Waals surface area contributed by atoms with Crippen LogP contribution >= 0.6 is 0 Å². The number of rotatable bonds is 6. The van der Waals surface area contributed by atoms with Crippen molar-refractivity contribution >= 4 is 23.8 Å². The van der Waals surface area contributed by atoms with Crippen molar-refractivity contribution in [2.45, 2.75) is 31.0 Å². The van der Waals surface area contributed by atoms with Crippen LogP contribution in [0.25, 0.3) is 0 Å². The number of hydrogen-bond donors (Lipinski definition) is 5.